The van der Waals surface area contributed by atoms with Crippen molar-refractivity contribution in [2.24, 2.45) is 0 Å². The van der Waals surface area contributed by atoms with Gasteiger partial charge in [0.1, 0.15) is 6.04 Å². The SMILES string of the molecule is CCCCN1CCn2nc(CNC(=O)[C@H]3CCCCN3C(=O)OC)cc2C1. The van der Waals surface area contributed by atoms with E-state index < -0.39 is 12.1 Å². The van der Waals surface area contributed by atoms with Gasteiger partial charge in [-0.25, -0.2) is 4.79 Å². The highest BCUT2D eigenvalue weighted by Gasteiger charge is 2.32. The Hall–Kier alpha value is -2.09. The molecule has 2 amide bonds. The van der Waals surface area contributed by atoms with E-state index >= 15 is 0 Å². The lowest BCUT2D eigenvalue weighted by molar-refractivity contribution is -0.127. The summed E-state index contributed by atoms with van der Waals surface area (Å²) < 4.78 is 6.86. The number of nitrogens with zero attached hydrogens (tertiary/aromatic N) is 4. The fourth-order valence-electron chi connectivity index (χ4n) is 3.87. The molecule has 0 saturated carbocycles. The molecule has 0 radical (unpaired) electrons. The molecule has 27 heavy (non-hydrogen) atoms. The fraction of sp³-hybridized carbons (Fsp3) is 0.737. The molecule has 1 atom stereocenters. The smallest absolute Gasteiger partial charge is 0.410 e. The van der Waals surface area contributed by atoms with E-state index in [1.54, 1.807) is 0 Å². The molecular weight excluding hydrogens is 346 g/mol. The molecule has 1 aromatic heterocycles. The molecule has 1 saturated heterocycles. The average molecular weight is 377 g/mol. The van der Waals surface area contributed by atoms with E-state index in [2.05, 4.69) is 28.3 Å². The first-order chi connectivity index (χ1) is 13.1. The maximum Gasteiger partial charge on any atom is 0.410 e. The molecule has 2 aliphatic heterocycles. The van der Waals surface area contributed by atoms with E-state index in [-0.39, 0.29) is 5.91 Å². The van der Waals surface area contributed by atoms with Crippen molar-refractivity contribution in [1.29, 1.82) is 0 Å². The highest BCUT2D eigenvalue weighted by Crippen LogP contribution is 2.19. The predicted octanol–water partition coefficient (Wildman–Crippen LogP) is 1.74. The van der Waals surface area contributed by atoms with Crippen LogP contribution in [0.3, 0.4) is 0 Å². The summed E-state index contributed by atoms with van der Waals surface area (Å²) in [4.78, 5) is 28.5. The lowest BCUT2D eigenvalue weighted by Crippen LogP contribution is -2.51. The Morgan fingerprint density at radius 3 is 2.93 bits per heavy atom. The third-order valence-electron chi connectivity index (χ3n) is 5.41. The molecule has 3 rings (SSSR count). The van der Waals surface area contributed by atoms with Crippen LogP contribution in [0.1, 0.15) is 50.4 Å². The topological polar surface area (TPSA) is 79.7 Å². The number of fused-ring (bicyclic) bond motifs is 1. The van der Waals surface area contributed by atoms with Crippen LogP contribution in [-0.4, -0.2) is 64.4 Å². The third-order valence-corrected chi connectivity index (χ3v) is 5.41. The lowest BCUT2D eigenvalue weighted by Gasteiger charge is -2.33. The van der Waals surface area contributed by atoms with Gasteiger partial charge in [0.15, 0.2) is 0 Å². The van der Waals surface area contributed by atoms with Gasteiger partial charge in [-0.15, -0.1) is 0 Å². The molecule has 0 spiro atoms. The van der Waals surface area contributed by atoms with Crippen molar-refractivity contribution in [3.05, 3.63) is 17.5 Å². The summed E-state index contributed by atoms with van der Waals surface area (Å²) in [5, 5.41) is 7.58. The Labute approximate surface area is 160 Å². The van der Waals surface area contributed by atoms with Crippen molar-refractivity contribution in [3.8, 4) is 0 Å². The summed E-state index contributed by atoms with van der Waals surface area (Å²) in [6.45, 7) is 7.12. The summed E-state index contributed by atoms with van der Waals surface area (Å²) in [5.41, 5.74) is 2.08. The second-order valence-electron chi connectivity index (χ2n) is 7.37. The maximum atomic E-state index is 12.6. The standard InChI is InChI=1S/C19H31N5O3/c1-3-4-8-22-10-11-24-16(14-22)12-15(21-24)13-20-18(25)17-7-5-6-9-23(17)19(26)27-2/h12,17H,3-11,13-14H2,1-2H3,(H,20,25)/t17-/m1/s1. The minimum absolute atomic E-state index is 0.129. The third kappa shape index (κ3) is 4.80. The number of hydrogen-bond acceptors (Lipinski definition) is 5. The summed E-state index contributed by atoms with van der Waals surface area (Å²) in [6.07, 6.45) is 4.51. The minimum Gasteiger partial charge on any atom is -0.453 e. The maximum absolute atomic E-state index is 12.6. The number of ether oxygens (including phenoxy) is 1. The van der Waals surface area contributed by atoms with E-state index in [1.807, 2.05) is 4.68 Å². The first-order valence-corrected chi connectivity index (χ1v) is 10.0. The Balaban J connectivity index is 1.55. The molecule has 8 nitrogen and oxygen atoms in total. The van der Waals surface area contributed by atoms with Crippen LogP contribution in [0, 0.1) is 0 Å². The number of aromatic nitrogens is 2. The molecule has 2 aliphatic rings. The molecule has 3 heterocycles. The van der Waals surface area contributed by atoms with Gasteiger partial charge in [-0.3, -0.25) is 19.3 Å². The fourth-order valence-corrected chi connectivity index (χ4v) is 3.87. The molecule has 1 fully saturated rings. The van der Waals surface area contributed by atoms with Crippen molar-refractivity contribution < 1.29 is 14.3 Å². The van der Waals surface area contributed by atoms with Crippen molar-refractivity contribution in [2.45, 2.75) is 64.7 Å². The van der Waals surface area contributed by atoms with Gasteiger partial charge in [-0.1, -0.05) is 13.3 Å². The summed E-state index contributed by atoms with van der Waals surface area (Å²) in [7, 11) is 1.35. The minimum atomic E-state index is -0.451. The van der Waals surface area contributed by atoms with Crippen LogP contribution in [0.5, 0.6) is 0 Å². The lowest BCUT2D eigenvalue weighted by atomic mass is 10.0. The number of hydrogen-bond donors (Lipinski definition) is 1. The van der Waals surface area contributed by atoms with Crippen LogP contribution >= 0.6 is 0 Å². The average Bonchev–Trinajstić information content (AvgIpc) is 3.12. The van der Waals surface area contributed by atoms with Crippen molar-refractivity contribution in [2.75, 3.05) is 26.7 Å². The van der Waals surface area contributed by atoms with Gasteiger partial charge in [0.25, 0.3) is 0 Å². The first kappa shape index (κ1) is 19.7. The molecule has 0 unspecified atom stereocenters. The Morgan fingerprint density at radius 2 is 2.15 bits per heavy atom. The van der Waals surface area contributed by atoms with E-state index in [0.717, 1.165) is 44.7 Å². The Morgan fingerprint density at radius 1 is 1.30 bits per heavy atom. The second kappa shape index (κ2) is 9.21. The van der Waals surface area contributed by atoms with Crippen LogP contribution in [0.4, 0.5) is 4.79 Å². The molecular formula is C19H31N5O3. The number of amides is 2. The normalized spacial score (nSPS) is 20.2. The monoisotopic (exact) mass is 377 g/mol. The summed E-state index contributed by atoms with van der Waals surface area (Å²) in [5.74, 6) is -0.129. The van der Waals surface area contributed by atoms with E-state index in [1.165, 1.54) is 30.5 Å². The summed E-state index contributed by atoms with van der Waals surface area (Å²) in [6, 6.07) is 1.63. The van der Waals surface area contributed by atoms with Crippen LogP contribution in [0.2, 0.25) is 0 Å². The molecule has 150 valence electrons. The molecule has 1 N–H and O–H groups in total. The van der Waals surface area contributed by atoms with Crippen molar-refractivity contribution >= 4 is 12.0 Å². The largest absolute Gasteiger partial charge is 0.453 e. The van der Waals surface area contributed by atoms with Crippen molar-refractivity contribution in [1.82, 2.24) is 24.9 Å². The van der Waals surface area contributed by atoms with Gasteiger partial charge in [0.05, 0.1) is 31.6 Å². The van der Waals surface area contributed by atoms with Crippen LogP contribution in [0.25, 0.3) is 0 Å². The number of piperidine rings is 1. The van der Waals surface area contributed by atoms with E-state index in [4.69, 9.17) is 4.74 Å². The number of likely N-dealkylation sites (tertiary alicyclic amines) is 1. The zero-order valence-electron chi connectivity index (χ0n) is 16.4. The summed E-state index contributed by atoms with van der Waals surface area (Å²) >= 11 is 0. The van der Waals surface area contributed by atoms with Gasteiger partial charge >= 0.3 is 6.09 Å². The molecule has 8 heteroatoms. The number of unbranched alkanes of at least 4 members (excludes halogenated alkanes) is 1. The van der Waals surface area contributed by atoms with Crippen LogP contribution < -0.4 is 5.32 Å². The Bertz CT molecular complexity index is 660. The highest BCUT2D eigenvalue weighted by atomic mass is 16.5. The number of carbonyl (C=O) groups excluding carboxylic acids is 2. The highest BCUT2D eigenvalue weighted by molar-refractivity contribution is 5.85. The molecule has 1 aromatic rings. The van der Waals surface area contributed by atoms with Gasteiger partial charge < -0.3 is 10.1 Å². The molecule has 0 aromatic carbocycles. The van der Waals surface area contributed by atoms with Crippen LogP contribution in [-0.2, 0) is 29.2 Å². The van der Waals surface area contributed by atoms with E-state index in [9.17, 15) is 9.59 Å². The Kier molecular flexibility index (Phi) is 6.71. The van der Waals surface area contributed by atoms with Gasteiger partial charge in [0, 0.05) is 19.6 Å². The number of rotatable bonds is 6. The molecule has 0 aliphatic carbocycles. The van der Waals surface area contributed by atoms with Gasteiger partial charge in [-0.05, 0) is 38.3 Å². The number of carbonyl (C=O) groups is 2. The van der Waals surface area contributed by atoms with Crippen LogP contribution in [0.15, 0.2) is 6.07 Å². The zero-order valence-corrected chi connectivity index (χ0v) is 16.4. The molecule has 0 bridgehead atoms. The first-order valence-electron chi connectivity index (χ1n) is 10.0. The van der Waals surface area contributed by atoms with Gasteiger partial charge in [0.2, 0.25) is 5.91 Å². The quantitative estimate of drug-likeness (QED) is 0.817. The van der Waals surface area contributed by atoms with E-state index in [0.29, 0.717) is 19.5 Å². The predicted molar refractivity (Wildman–Crippen MR) is 101 cm³/mol. The number of nitrogens with one attached hydrogen (secondary N) is 1. The second-order valence-corrected chi connectivity index (χ2v) is 7.37. The zero-order chi connectivity index (χ0) is 19.2. The van der Waals surface area contributed by atoms with Gasteiger partial charge in [-0.2, -0.15) is 5.10 Å². The van der Waals surface area contributed by atoms with Crippen molar-refractivity contribution in [3.63, 3.8) is 0 Å². The number of methoxy groups -OCH3 is 1.